The van der Waals surface area contributed by atoms with Crippen molar-refractivity contribution < 1.29 is 23.4 Å². The van der Waals surface area contributed by atoms with Crippen molar-refractivity contribution in [3.05, 3.63) is 41.7 Å². The maximum atomic E-state index is 12.3. The van der Waals surface area contributed by atoms with Gasteiger partial charge in [0.1, 0.15) is 5.75 Å². The molecule has 10 heteroatoms. The molecule has 4 rings (SSSR count). The highest BCUT2D eigenvalue weighted by Gasteiger charge is 2.31. The number of rotatable bonds is 6. The van der Waals surface area contributed by atoms with Crippen molar-refractivity contribution >= 4 is 17.9 Å². The second kappa shape index (κ2) is 7.45. The normalized spacial score (nSPS) is 17.3. The molecule has 0 atom stereocenters. The molecule has 0 aliphatic carbocycles. The largest absolute Gasteiger partial charge is 0.435 e. The zero-order valence-corrected chi connectivity index (χ0v) is 15.1. The Morgan fingerprint density at radius 2 is 2.04 bits per heavy atom. The molecule has 1 N–H and O–H groups in total. The average molecular weight is 396 g/mol. The second-order valence-corrected chi connectivity index (χ2v) is 7.57. The Hall–Kier alpha value is -2.17. The summed E-state index contributed by atoms with van der Waals surface area (Å²) in [6.07, 6.45) is 1.56. The Morgan fingerprint density at radius 1 is 1.30 bits per heavy atom. The molecule has 1 saturated heterocycles. The summed E-state index contributed by atoms with van der Waals surface area (Å²) in [5, 5.41) is 13.8. The number of hydrogen-bond donors (Lipinski definition) is 1. The highest BCUT2D eigenvalue weighted by atomic mass is 32.2. The number of carbonyl (C=O) groups is 1. The van der Waals surface area contributed by atoms with Gasteiger partial charge < -0.3 is 14.7 Å². The van der Waals surface area contributed by atoms with E-state index in [9.17, 15) is 18.7 Å². The minimum Gasteiger partial charge on any atom is -0.435 e. The minimum atomic E-state index is -2.84. The summed E-state index contributed by atoms with van der Waals surface area (Å²) in [4.78, 5) is 16.8. The molecule has 2 aliphatic heterocycles. The summed E-state index contributed by atoms with van der Waals surface area (Å²) in [5.74, 6) is 0.148. The van der Waals surface area contributed by atoms with E-state index in [1.807, 2.05) is 11.1 Å². The number of amides is 1. The van der Waals surface area contributed by atoms with Gasteiger partial charge in [0.05, 0.1) is 24.9 Å². The lowest BCUT2D eigenvalue weighted by atomic mass is 10.2. The van der Waals surface area contributed by atoms with Gasteiger partial charge in [0.15, 0.2) is 0 Å². The van der Waals surface area contributed by atoms with Crippen LogP contribution in [0.5, 0.6) is 5.75 Å². The number of nitrogens with zero attached hydrogens (tertiary/aromatic N) is 4. The molecular weight excluding hydrogens is 378 g/mol. The molecule has 3 heterocycles. The molecule has 1 aromatic carbocycles. The van der Waals surface area contributed by atoms with Crippen molar-refractivity contribution in [3.8, 4) is 5.75 Å². The smallest absolute Gasteiger partial charge is 0.387 e. The Bertz CT molecular complexity index is 801. The van der Waals surface area contributed by atoms with Crippen LogP contribution < -0.4 is 4.74 Å². The van der Waals surface area contributed by atoms with E-state index in [0.717, 1.165) is 16.2 Å². The first-order valence-corrected chi connectivity index (χ1v) is 9.22. The van der Waals surface area contributed by atoms with Gasteiger partial charge in [0.25, 0.3) is 0 Å². The molecule has 144 valence electrons. The third-order valence-corrected chi connectivity index (χ3v) is 5.31. The molecule has 2 aromatic rings. The number of hydrogen-bond acceptors (Lipinski definition) is 6. The zero-order chi connectivity index (χ0) is 19.0. The molecule has 0 bridgehead atoms. The number of ether oxygens (including phenoxy) is 1. The number of halogens is 2. The number of fused-ring (bicyclic) bond motifs is 1. The molecule has 1 fully saturated rings. The standard InChI is InChI=1S/C17H18F2N4O3S/c18-17(19)26-13-1-3-14(4-2-13)27-23-6-11-5-22(9-15(11)20-23)16(25)10-21-7-12(24)8-21/h1-4,6,12,17,24H,5,7-10H2. The van der Waals surface area contributed by atoms with Gasteiger partial charge in [-0.25, -0.2) is 4.09 Å². The van der Waals surface area contributed by atoms with Crippen LogP contribution in [-0.2, 0) is 17.9 Å². The van der Waals surface area contributed by atoms with Gasteiger partial charge in [-0.2, -0.15) is 13.9 Å². The first-order valence-electron chi connectivity index (χ1n) is 8.45. The molecule has 0 spiro atoms. The number of carbonyl (C=O) groups excluding carboxylic acids is 1. The monoisotopic (exact) mass is 396 g/mol. The van der Waals surface area contributed by atoms with Crippen LogP contribution in [0.25, 0.3) is 0 Å². The fourth-order valence-corrected chi connectivity index (χ4v) is 3.90. The Morgan fingerprint density at radius 3 is 2.67 bits per heavy atom. The van der Waals surface area contributed by atoms with E-state index in [2.05, 4.69) is 9.84 Å². The van der Waals surface area contributed by atoms with Gasteiger partial charge in [-0.15, -0.1) is 0 Å². The number of likely N-dealkylation sites (tertiary alicyclic amines) is 1. The Labute approximate surface area is 158 Å². The van der Waals surface area contributed by atoms with Crippen LogP contribution in [0.3, 0.4) is 0 Å². The van der Waals surface area contributed by atoms with E-state index in [4.69, 9.17) is 0 Å². The van der Waals surface area contributed by atoms with Crippen LogP contribution in [0, 0.1) is 0 Å². The van der Waals surface area contributed by atoms with Crippen LogP contribution in [0.4, 0.5) is 8.78 Å². The van der Waals surface area contributed by atoms with Crippen molar-refractivity contribution in [2.45, 2.75) is 30.7 Å². The summed E-state index contributed by atoms with van der Waals surface area (Å²) in [7, 11) is 0. The fraction of sp³-hybridized carbons (Fsp3) is 0.412. The van der Waals surface area contributed by atoms with E-state index in [-0.39, 0.29) is 17.8 Å². The molecular formula is C17H18F2N4O3S. The lowest BCUT2D eigenvalue weighted by molar-refractivity contribution is -0.135. The summed E-state index contributed by atoms with van der Waals surface area (Å²) in [6, 6.07) is 6.34. The number of aliphatic hydroxyl groups is 1. The highest BCUT2D eigenvalue weighted by Crippen LogP contribution is 2.28. The predicted octanol–water partition coefficient (Wildman–Crippen LogP) is 1.56. The van der Waals surface area contributed by atoms with E-state index in [1.54, 1.807) is 21.1 Å². The van der Waals surface area contributed by atoms with E-state index < -0.39 is 6.61 Å². The second-order valence-electron chi connectivity index (χ2n) is 6.54. The maximum absolute atomic E-state index is 12.3. The van der Waals surface area contributed by atoms with Gasteiger partial charge in [0, 0.05) is 48.2 Å². The number of alkyl halides is 2. The molecule has 0 radical (unpaired) electrons. The zero-order valence-electron chi connectivity index (χ0n) is 14.3. The number of β-amino-alcohol motifs (C(OH)–C–C–N with tert-alkyl or cyclic N) is 1. The van der Waals surface area contributed by atoms with Gasteiger partial charge in [-0.3, -0.25) is 9.69 Å². The third kappa shape index (κ3) is 4.23. The van der Waals surface area contributed by atoms with Crippen LogP contribution in [0.15, 0.2) is 35.4 Å². The van der Waals surface area contributed by atoms with E-state index in [1.165, 1.54) is 24.1 Å². The summed E-state index contributed by atoms with van der Waals surface area (Å²) >= 11 is 1.36. The lowest BCUT2D eigenvalue weighted by Gasteiger charge is -2.36. The molecule has 2 aliphatic rings. The van der Waals surface area contributed by atoms with Gasteiger partial charge in [-0.05, 0) is 24.3 Å². The third-order valence-electron chi connectivity index (χ3n) is 4.46. The molecule has 1 amide bonds. The van der Waals surface area contributed by atoms with Gasteiger partial charge >= 0.3 is 6.61 Å². The lowest BCUT2D eigenvalue weighted by Crippen LogP contribution is -2.53. The predicted molar refractivity (Wildman–Crippen MR) is 93.3 cm³/mol. The van der Waals surface area contributed by atoms with Crippen LogP contribution in [0.2, 0.25) is 0 Å². The fourth-order valence-electron chi connectivity index (χ4n) is 3.10. The molecule has 27 heavy (non-hydrogen) atoms. The highest BCUT2D eigenvalue weighted by molar-refractivity contribution is 7.97. The first kappa shape index (κ1) is 18.2. The van der Waals surface area contributed by atoms with Crippen molar-refractivity contribution in [2.24, 2.45) is 0 Å². The molecule has 0 saturated carbocycles. The van der Waals surface area contributed by atoms with Gasteiger partial charge in [0.2, 0.25) is 5.91 Å². The van der Waals surface area contributed by atoms with Crippen molar-refractivity contribution in [3.63, 3.8) is 0 Å². The molecule has 1 aromatic heterocycles. The maximum Gasteiger partial charge on any atom is 0.387 e. The summed E-state index contributed by atoms with van der Waals surface area (Å²) in [6.45, 7) is -0.424. The van der Waals surface area contributed by atoms with Crippen molar-refractivity contribution in [2.75, 3.05) is 19.6 Å². The average Bonchev–Trinajstić information content (AvgIpc) is 3.13. The Balaban J connectivity index is 1.32. The van der Waals surface area contributed by atoms with E-state index >= 15 is 0 Å². The van der Waals surface area contributed by atoms with Crippen LogP contribution in [-0.4, -0.2) is 62.3 Å². The summed E-state index contributed by atoms with van der Waals surface area (Å²) in [5.41, 5.74) is 1.86. The van der Waals surface area contributed by atoms with Gasteiger partial charge in [-0.1, -0.05) is 0 Å². The quantitative estimate of drug-likeness (QED) is 0.799. The minimum absolute atomic E-state index is 0.0359. The van der Waals surface area contributed by atoms with Crippen molar-refractivity contribution in [1.82, 2.24) is 19.0 Å². The first-order chi connectivity index (χ1) is 13.0. The number of benzene rings is 1. The van der Waals surface area contributed by atoms with E-state index in [0.29, 0.717) is 32.7 Å². The summed E-state index contributed by atoms with van der Waals surface area (Å²) < 4.78 is 30.4. The van der Waals surface area contributed by atoms with Crippen LogP contribution in [0.1, 0.15) is 11.3 Å². The van der Waals surface area contributed by atoms with Crippen LogP contribution >= 0.6 is 11.9 Å². The number of aliphatic hydroxyl groups excluding tert-OH is 1. The number of aromatic nitrogens is 2. The SMILES string of the molecule is O=C(CN1CC(O)C1)N1Cc2cn(Sc3ccc(OC(F)F)cc3)nc2C1. The molecule has 0 unspecified atom stereocenters. The Kier molecular flexibility index (Phi) is 5.02. The van der Waals surface area contributed by atoms with Crippen molar-refractivity contribution in [1.29, 1.82) is 0 Å². The molecule has 7 nitrogen and oxygen atoms in total. The topological polar surface area (TPSA) is 70.8 Å².